The Labute approximate surface area is 100 Å². The van der Waals surface area contributed by atoms with Gasteiger partial charge in [0.1, 0.15) is 0 Å². The summed E-state index contributed by atoms with van der Waals surface area (Å²) in [5.41, 5.74) is 0.816. The van der Waals surface area contributed by atoms with Crippen LogP contribution in [0.25, 0.3) is 0 Å². The minimum Gasteiger partial charge on any atom is -0.466 e. The third-order valence-corrected chi connectivity index (χ3v) is 2.78. The van der Waals surface area contributed by atoms with Gasteiger partial charge in [0.25, 0.3) is 0 Å². The quantitative estimate of drug-likeness (QED) is 0.334. The molecular formula is C14H26O2. The molecule has 0 aliphatic rings. The molecule has 0 aliphatic carbocycles. The second-order valence-corrected chi connectivity index (χ2v) is 4.13. The van der Waals surface area contributed by atoms with Gasteiger partial charge in [-0.25, -0.2) is 4.79 Å². The van der Waals surface area contributed by atoms with Crippen LogP contribution in [0, 0.1) is 0 Å². The van der Waals surface area contributed by atoms with Crippen LogP contribution in [0.4, 0.5) is 0 Å². The fourth-order valence-corrected chi connectivity index (χ4v) is 1.70. The van der Waals surface area contributed by atoms with E-state index < -0.39 is 0 Å². The first-order chi connectivity index (χ1) is 7.76. The lowest BCUT2D eigenvalue weighted by Crippen LogP contribution is -2.03. The van der Waals surface area contributed by atoms with Gasteiger partial charge in [-0.1, -0.05) is 52.0 Å². The van der Waals surface area contributed by atoms with Crippen LogP contribution in [0.15, 0.2) is 11.6 Å². The molecule has 2 heteroatoms. The molecule has 0 saturated heterocycles. The van der Waals surface area contributed by atoms with Crippen LogP contribution < -0.4 is 0 Å². The smallest absolute Gasteiger partial charge is 0.333 e. The van der Waals surface area contributed by atoms with Gasteiger partial charge in [-0.2, -0.15) is 0 Å². The fourth-order valence-electron chi connectivity index (χ4n) is 1.70. The molecule has 0 spiro atoms. The van der Waals surface area contributed by atoms with Crippen LogP contribution in [0.3, 0.4) is 0 Å². The van der Waals surface area contributed by atoms with E-state index in [1.165, 1.54) is 45.6 Å². The zero-order valence-corrected chi connectivity index (χ0v) is 11.1. The summed E-state index contributed by atoms with van der Waals surface area (Å²) in [6.45, 7) is 4.22. The molecule has 2 nitrogen and oxygen atoms in total. The Balaban J connectivity index is 3.60. The van der Waals surface area contributed by atoms with Crippen molar-refractivity contribution in [3.63, 3.8) is 0 Å². The number of carbonyl (C=O) groups excluding carboxylic acids is 1. The molecule has 0 atom stereocenters. The van der Waals surface area contributed by atoms with E-state index in [0.717, 1.165) is 18.4 Å². The topological polar surface area (TPSA) is 26.3 Å². The number of hydrogen-bond donors (Lipinski definition) is 0. The molecule has 16 heavy (non-hydrogen) atoms. The molecule has 0 aromatic heterocycles. The average Bonchev–Trinajstić information content (AvgIpc) is 2.32. The summed E-state index contributed by atoms with van der Waals surface area (Å²) in [7, 11) is 1.44. The first kappa shape index (κ1) is 15.2. The van der Waals surface area contributed by atoms with Crippen LogP contribution in [-0.4, -0.2) is 13.1 Å². The van der Waals surface area contributed by atoms with Gasteiger partial charge in [0.2, 0.25) is 0 Å². The van der Waals surface area contributed by atoms with E-state index in [4.69, 9.17) is 4.74 Å². The number of carbonyl (C=O) groups is 1. The highest BCUT2D eigenvalue weighted by atomic mass is 16.5. The van der Waals surface area contributed by atoms with Crippen molar-refractivity contribution < 1.29 is 9.53 Å². The standard InChI is InChI=1S/C14H26O2/c1-4-6-7-8-9-10-11-12-13(5-2)14(15)16-3/h12H,4-11H2,1-3H3. The molecule has 0 aliphatic heterocycles. The van der Waals surface area contributed by atoms with E-state index >= 15 is 0 Å². The van der Waals surface area contributed by atoms with Gasteiger partial charge in [0, 0.05) is 5.57 Å². The molecule has 0 amide bonds. The lowest BCUT2D eigenvalue weighted by molar-refractivity contribution is -0.136. The van der Waals surface area contributed by atoms with E-state index in [1.807, 2.05) is 13.0 Å². The lowest BCUT2D eigenvalue weighted by Gasteiger charge is -2.02. The van der Waals surface area contributed by atoms with Crippen LogP contribution in [0.1, 0.15) is 65.2 Å². The minimum atomic E-state index is -0.173. The fraction of sp³-hybridized carbons (Fsp3) is 0.786. The van der Waals surface area contributed by atoms with E-state index in [2.05, 4.69) is 6.92 Å². The van der Waals surface area contributed by atoms with Crippen molar-refractivity contribution in [1.29, 1.82) is 0 Å². The van der Waals surface area contributed by atoms with Gasteiger partial charge < -0.3 is 4.74 Å². The van der Waals surface area contributed by atoms with E-state index in [1.54, 1.807) is 0 Å². The zero-order valence-electron chi connectivity index (χ0n) is 11.1. The molecule has 0 radical (unpaired) electrons. The Morgan fingerprint density at radius 1 is 1.06 bits per heavy atom. The highest BCUT2D eigenvalue weighted by Gasteiger charge is 2.05. The Morgan fingerprint density at radius 2 is 1.69 bits per heavy atom. The van der Waals surface area contributed by atoms with Crippen LogP contribution in [0.2, 0.25) is 0 Å². The predicted octanol–water partition coefficient (Wildman–Crippen LogP) is 4.25. The Kier molecular flexibility index (Phi) is 10.2. The molecule has 0 aromatic rings. The van der Waals surface area contributed by atoms with E-state index in [-0.39, 0.29) is 5.97 Å². The van der Waals surface area contributed by atoms with Crippen molar-refractivity contribution >= 4 is 5.97 Å². The van der Waals surface area contributed by atoms with Crippen LogP contribution in [0.5, 0.6) is 0 Å². The highest BCUT2D eigenvalue weighted by molar-refractivity contribution is 5.88. The normalized spacial score (nSPS) is 11.6. The van der Waals surface area contributed by atoms with Gasteiger partial charge in [0.05, 0.1) is 7.11 Å². The minimum absolute atomic E-state index is 0.173. The molecule has 0 N–H and O–H groups in total. The molecule has 0 bridgehead atoms. The van der Waals surface area contributed by atoms with Crippen molar-refractivity contribution in [3.8, 4) is 0 Å². The Hall–Kier alpha value is -0.790. The SMILES string of the molecule is CCCCCCCCC=C(CC)C(=O)OC. The van der Waals surface area contributed by atoms with Gasteiger partial charge in [-0.15, -0.1) is 0 Å². The van der Waals surface area contributed by atoms with Gasteiger partial charge in [0.15, 0.2) is 0 Å². The predicted molar refractivity (Wildman–Crippen MR) is 68.4 cm³/mol. The molecule has 0 saturated carbocycles. The third kappa shape index (κ3) is 7.49. The van der Waals surface area contributed by atoms with Crippen molar-refractivity contribution in [2.75, 3.05) is 7.11 Å². The van der Waals surface area contributed by atoms with Crippen LogP contribution >= 0.6 is 0 Å². The average molecular weight is 226 g/mol. The summed E-state index contributed by atoms with van der Waals surface area (Å²) < 4.78 is 4.71. The summed E-state index contributed by atoms with van der Waals surface area (Å²) in [4.78, 5) is 11.3. The number of rotatable bonds is 9. The van der Waals surface area contributed by atoms with Crippen LogP contribution in [-0.2, 0) is 9.53 Å². The van der Waals surface area contributed by atoms with Crippen molar-refractivity contribution in [3.05, 3.63) is 11.6 Å². The Morgan fingerprint density at radius 3 is 2.25 bits per heavy atom. The summed E-state index contributed by atoms with van der Waals surface area (Å²) in [6, 6.07) is 0. The molecule has 94 valence electrons. The molecular weight excluding hydrogens is 200 g/mol. The maximum Gasteiger partial charge on any atom is 0.333 e. The maximum absolute atomic E-state index is 11.3. The van der Waals surface area contributed by atoms with E-state index in [9.17, 15) is 4.79 Å². The molecule has 0 heterocycles. The van der Waals surface area contributed by atoms with Gasteiger partial charge in [-0.3, -0.25) is 0 Å². The summed E-state index contributed by atoms with van der Waals surface area (Å²) >= 11 is 0. The first-order valence-electron chi connectivity index (χ1n) is 6.53. The van der Waals surface area contributed by atoms with E-state index in [0.29, 0.717) is 0 Å². The third-order valence-electron chi connectivity index (χ3n) is 2.78. The number of hydrogen-bond acceptors (Lipinski definition) is 2. The molecule has 0 unspecified atom stereocenters. The van der Waals surface area contributed by atoms with Crippen molar-refractivity contribution in [2.45, 2.75) is 65.2 Å². The monoisotopic (exact) mass is 226 g/mol. The summed E-state index contributed by atoms with van der Waals surface area (Å²) in [5.74, 6) is -0.173. The van der Waals surface area contributed by atoms with Gasteiger partial charge in [-0.05, 0) is 19.3 Å². The first-order valence-corrected chi connectivity index (χ1v) is 6.53. The second-order valence-electron chi connectivity index (χ2n) is 4.13. The van der Waals surface area contributed by atoms with Crippen molar-refractivity contribution in [1.82, 2.24) is 0 Å². The number of allylic oxidation sites excluding steroid dienone is 1. The summed E-state index contributed by atoms with van der Waals surface area (Å²) in [5, 5.41) is 0. The molecule has 0 rings (SSSR count). The maximum atomic E-state index is 11.3. The lowest BCUT2D eigenvalue weighted by atomic mass is 10.1. The van der Waals surface area contributed by atoms with Crippen molar-refractivity contribution in [2.24, 2.45) is 0 Å². The molecule has 0 aromatic carbocycles. The summed E-state index contributed by atoms with van der Waals surface area (Å²) in [6.07, 6.45) is 11.6. The molecule has 0 fully saturated rings. The highest BCUT2D eigenvalue weighted by Crippen LogP contribution is 2.10. The number of unbranched alkanes of at least 4 members (excludes halogenated alkanes) is 6. The number of methoxy groups -OCH3 is 1. The van der Waals surface area contributed by atoms with Gasteiger partial charge >= 0.3 is 5.97 Å². The second kappa shape index (κ2) is 10.7. The Bertz CT molecular complexity index is 207. The zero-order chi connectivity index (χ0) is 12.2. The largest absolute Gasteiger partial charge is 0.466 e. The number of ether oxygens (including phenoxy) is 1. The number of esters is 1.